The van der Waals surface area contributed by atoms with Crippen LogP contribution in [0, 0.1) is 0 Å². The first kappa shape index (κ1) is 13.1. The first-order valence-electron chi connectivity index (χ1n) is 5.58. The smallest absolute Gasteiger partial charge is 0.260 e. The molecule has 1 heterocycles. The van der Waals surface area contributed by atoms with E-state index in [0.29, 0.717) is 5.84 Å². The van der Waals surface area contributed by atoms with Gasteiger partial charge in [0.05, 0.1) is 0 Å². The van der Waals surface area contributed by atoms with Crippen LogP contribution in [0.4, 0.5) is 0 Å². The Bertz CT molecular complexity index is 501. The number of amidine groups is 1. The molecule has 18 heavy (non-hydrogen) atoms. The summed E-state index contributed by atoms with van der Waals surface area (Å²) in [7, 11) is 4.04. The summed E-state index contributed by atoms with van der Waals surface area (Å²) in [5.41, 5.74) is 5.22. The Morgan fingerprint density at radius 3 is 2.22 bits per heavy atom. The van der Waals surface area contributed by atoms with Gasteiger partial charge in [-0.05, 0) is 14.1 Å². The number of nitrogens with zero attached hydrogens (tertiary/aromatic N) is 5. The highest BCUT2D eigenvalue weighted by atomic mass is 31.2. The van der Waals surface area contributed by atoms with Crippen molar-refractivity contribution in [1.82, 2.24) is 19.7 Å². The number of rotatable bonds is 2. The van der Waals surface area contributed by atoms with Crippen LogP contribution in [-0.2, 0) is 4.57 Å². The average molecular weight is 266 g/mol. The van der Waals surface area contributed by atoms with Crippen molar-refractivity contribution in [3.63, 3.8) is 0 Å². The summed E-state index contributed by atoms with van der Waals surface area (Å²) in [6, 6.07) is 9.64. The van der Waals surface area contributed by atoms with Gasteiger partial charge in [0.1, 0.15) is 0 Å². The molecule has 0 amide bonds. The van der Waals surface area contributed by atoms with E-state index < -0.39 is 7.59 Å². The molecule has 0 aliphatic carbocycles. The molecular formula is C11H17N5OP. The lowest BCUT2D eigenvalue weighted by atomic mass is 10.2. The zero-order valence-electron chi connectivity index (χ0n) is 11.0. The van der Waals surface area contributed by atoms with Crippen LogP contribution in [0.15, 0.2) is 35.4 Å². The molecule has 1 unspecified atom stereocenters. The maximum atomic E-state index is 12.7. The molecule has 0 saturated heterocycles. The van der Waals surface area contributed by atoms with Crippen LogP contribution in [-0.4, -0.2) is 48.3 Å². The van der Waals surface area contributed by atoms with Crippen molar-refractivity contribution in [3.8, 4) is 0 Å². The van der Waals surface area contributed by atoms with Crippen molar-refractivity contribution < 1.29 is 4.57 Å². The van der Waals surface area contributed by atoms with Crippen molar-refractivity contribution in [2.45, 2.75) is 0 Å². The third-order valence-electron chi connectivity index (χ3n) is 2.79. The molecule has 7 heteroatoms. The minimum absolute atomic E-state index is 0.564. The van der Waals surface area contributed by atoms with Gasteiger partial charge in [-0.3, -0.25) is 4.57 Å². The van der Waals surface area contributed by atoms with Gasteiger partial charge in [-0.1, -0.05) is 30.3 Å². The largest absolute Gasteiger partial charge is 0.344 e. The summed E-state index contributed by atoms with van der Waals surface area (Å²) in [5, 5.41) is 4.31. The van der Waals surface area contributed by atoms with E-state index in [4.69, 9.17) is 0 Å². The molecule has 1 atom stereocenters. The molecule has 2 rings (SSSR count). The molecule has 0 fully saturated rings. The van der Waals surface area contributed by atoms with Crippen molar-refractivity contribution in [3.05, 3.63) is 35.9 Å². The quantitative estimate of drug-likeness (QED) is 0.760. The molecule has 6 nitrogen and oxygen atoms in total. The molecular weight excluding hydrogens is 249 g/mol. The maximum Gasteiger partial charge on any atom is 0.344 e. The Kier molecular flexibility index (Phi) is 3.43. The predicted molar refractivity (Wildman–Crippen MR) is 71.9 cm³/mol. The predicted octanol–water partition coefficient (Wildman–Crippen LogP) is 1.41. The lowest BCUT2D eigenvalue weighted by Crippen LogP contribution is -2.44. The van der Waals surface area contributed by atoms with Crippen molar-refractivity contribution >= 4 is 13.4 Å². The highest BCUT2D eigenvalue weighted by Crippen LogP contribution is 2.54. The molecule has 0 aromatic heterocycles. The summed E-state index contributed by atoms with van der Waals surface area (Å²) >= 11 is 0. The summed E-state index contributed by atoms with van der Waals surface area (Å²) in [6.45, 7) is 0. The number of hydrogen-bond acceptors (Lipinski definition) is 2. The lowest BCUT2D eigenvalue weighted by Gasteiger charge is -2.39. The van der Waals surface area contributed by atoms with Crippen LogP contribution >= 0.6 is 7.59 Å². The van der Waals surface area contributed by atoms with Gasteiger partial charge in [0, 0.05) is 19.7 Å². The Morgan fingerprint density at radius 1 is 1.11 bits per heavy atom. The van der Waals surface area contributed by atoms with Gasteiger partial charge >= 0.3 is 7.59 Å². The minimum atomic E-state index is -2.88. The summed E-state index contributed by atoms with van der Waals surface area (Å²) < 4.78 is 17.4. The van der Waals surface area contributed by atoms with E-state index in [0.717, 1.165) is 5.56 Å². The molecule has 1 aliphatic rings. The molecule has 1 aromatic rings. The standard InChI is InChI=1S/C11H17N5OP/c1-14(2)18(17)15(3)12-11(13-16(18)4)10-8-6-5-7-9-10/h5-9H,1-4H3. The molecule has 0 bridgehead atoms. The van der Waals surface area contributed by atoms with Gasteiger partial charge < -0.3 is 0 Å². The highest BCUT2D eigenvalue weighted by Gasteiger charge is 2.40. The third kappa shape index (κ3) is 2.03. The van der Waals surface area contributed by atoms with E-state index in [1.54, 1.807) is 32.9 Å². The molecule has 0 saturated carbocycles. The fraction of sp³-hybridized carbons (Fsp3) is 0.364. The monoisotopic (exact) mass is 266 g/mol. The second kappa shape index (κ2) is 4.72. The summed E-state index contributed by atoms with van der Waals surface area (Å²) in [5.74, 6) is 0.564. The van der Waals surface area contributed by atoms with Gasteiger partial charge in [0.2, 0.25) is 0 Å². The molecule has 97 valence electrons. The topological polar surface area (TPSA) is 53.3 Å². The van der Waals surface area contributed by atoms with Gasteiger partial charge in [-0.15, -0.1) is 9.88 Å². The van der Waals surface area contributed by atoms with E-state index in [1.165, 1.54) is 9.56 Å². The van der Waals surface area contributed by atoms with Crippen molar-refractivity contribution in [2.24, 2.45) is 5.10 Å². The van der Waals surface area contributed by atoms with Crippen LogP contribution in [0.1, 0.15) is 5.56 Å². The van der Waals surface area contributed by atoms with Gasteiger partial charge in [-0.25, -0.2) is 9.45 Å². The zero-order chi connectivity index (χ0) is 13.3. The Hall–Kier alpha value is -1.36. The molecule has 0 spiro atoms. The van der Waals surface area contributed by atoms with E-state index in [-0.39, 0.29) is 0 Å². The number of hydrogen-bond donors (Lipinski definition) is 0. The molecule has 1 aromatic carbocycles. The fourth-order valence-electron chi connectivity index (χ4n) is 1.82. The second-order valence-electron chi connectivity index (χ2n) is 4.23. The second-order valence-corrected chi connectivity index (χ2v) is 7.21. The van der Waals surface area contributed by atoms with Crippen molar-refractivity contribution in [2.75, 3.05) is 28.2 Å². The van der Waals surface area contributed by atoms with Gasteiger partial charge in [0.25, 0.3) is 0 Å². The van der Waals surface area contributed by atoms with Crippen molar-refractivity contribution in [1.29, 1.82) is 0 Å². The van der Waals surface area contributed by atoms with Gasteiger partial charge in [0.15, 0.2) is 5.84 Å². The number of hydrazone groups is 1. The Morgan fingerprint density at radius 2 is 1.72 bits per heavy atom. The Balaban J connectivity index is 2.38. The first-order valence-corrected chi connectivity index (χ1v) is 7.14. The van der Waals surface area contributed by atoms with E-state index in [9.17, 15) is 4.57 Å². The summed E-state index contributed by atoms with van der Waals surface area (Å²) in [6.07, 6.45) is 0. The van der Waals surface area contributed by atoms with E-state index in [1.807, 2.05) is 30.3 Å². The highest BCUT2D eigenvalue weighted by molar-refractivity contribution is 7.56. The van der Waals surface area contributed by atoms with Crippen LogP contribution in [0.25, 0.3) is 0 Å². The normalized spacial score (nSPS) is 24.9. The summed E-state index contributed by atoms with van der Waals surface area (Å²) in [4.78, 5) is 0. The average Bonchev–Trinajstić information content (AvgIpc) is 2.36. The maximum absolute atomic E-state index is 12.7. The van der Waals surface area contributed by atoms with E-state index >= 15 is 0 Å². The SMILES string of the molecule is CN(C)P1(=O)N(C)[N]C(c2ccccc2)=NN1C. The molecule has 1 radical (unpaired) electrons. The Labute approximate surface area is 107 Å². The first-order chi connectivity index (χ1) is 8.46. The lowest BCUT2D eigenvalue weighted by molar-refractivity contribution is 0.302. The van der Waals surface area contributed by atoms with E-state index in [2.05, 4.69) is 10.5 Å². The zero-order valence-corrected chi connectivity index (χ0v) is 11.9. The van der Waals surface area contributed by atoms with Gasteiger partial charge in [-0.2, -0.15) is 5.43 Å². The third-order valence-corrected chi connectivity index (χ3v) is 5.52. The van der Waals surface area contributed by atoms with Crippen LogP contribution in [0.5, 0.6) is 0 Å². The fourth-order valence-corrected chi connectivity index (χ4v) is 3.63. The van der Waals surface area contributed by atoms with Crippen LogP contribution in [0.2, 0.25) is 0 Å². The number of benzene rings is 1. The minimum Gasteiger partial charge on any atom is -0.260 e. The molecule has 0 N–H and O–H groups in total. The van der Waals surface area contributed by atoms with Crippen LogP contribution < -0.4 is 5.43 Å². The van der Waals surface area contributed by atoms with Crippen LogP contribution in [0.3, 0.4) is 0 Å². The molecule has 1 aliphatic heterocycles.